The summed E-state index contributed by atoms with van der Waals surface area (Å²) in [4.78, 5) is 26.8. The van der Waals surface area contributed by atoms with Crippen molar-refractivity contribution in [1.82, 2.24) is 4.90 Å². The molecule has 2 atom stereocenters. The van der Waals surface area contributed by atoms with Gasteiger partial charge in [-0.25, -0.2) is 8.78 Å². The molecule has 1 N–H and O–H groups in total. The second-order valence-electron chi connectivity index (χ2n) is 6.75. The van der Waals surface area contributed by atoms with Gasteiger partial charge in [0, 0.05) is 12.2 Å². The number of carbonyl (C=O) groups excluding carboxylic acids is 2. The van der Waals surface area contributed by atoms with Gasteiger partial charge in [0.05, 0.1) is 17.0 Å². The predicted octanol–water partition coefficient (Wildman–Crippen LogP) is 4.39. The maximum Gasteiger partial charge on any atom is 0.235 e. The number of anilines is 1. The number of nitrogens with zero attached hydrogens (tertiary/aromatic N) is 1. The number of thioether (sulfide) groups is 1. The Hall–Kier alpha value is -2.41. The van der Waals surface area contributed by atoms with Crippen molar-refractivity contribution in [2.45, 2.75) is 31.1 Å². The fourth-order valence-electron chi connectivity index (χ4n) is 3.30. The van der Waals surface area contributed by atoms with Crippen LogP contribution in [0.15, 0.2) is 48.5 Å². The van der Waals surface area contributed by atoms with Crippen molar-refractivity contribution in [1.29, 1.82) is 0 Å². The number of hydrogen-bond acceptors (Lipinski definition) is 3. The van der Waals surface area contributed by atoms with Gasteiger partial charge in [0.15, 0.2) is 0 Å². The Morgan fingerprint density at radius 1 is 1.11 bits per heavy atom. The average Bonchev–Trinajstić information content (AvgIpc) is 3.17. The molecule has 4 nitrogen and oxygen atoms in total. The Morgan fingerprint density at radius 2 is 1.71 bits per heavy atom. The molecular weight excluding hydrogens is 382 g/mol. The smallest absolute Gasteiger partial charge is 0.235 e. The van der Waals surface area contributed by atoms with Crippen LogP contribution in [0.3, 0.4) is 0 Å². The minimum atomic E-state index is -0.375. The molecule has 0 saturated carbocycles. The van der Waals surface area contributed by atoms with E-state index in [4.69, 9.17) is 0 Å². The van der Waals surface area contributed by atoms with E-state index in [9.17, 15) is 18.4 Å². The van der Waals surface area contributed by atoms with E-state index in [-0.39, 0.29) is 40.5 Å². The monoisotopic (exact) mass is 404 g/mol. The summed E-state index contributed by atoms with van der Waals surface area (Å²) in [5.74, 6) is -0.804. The molecule has 28 heavy (non-hydrogen) atoms. The van der Waals surface area contributed by atoms with Gasteiger partial charge in [0.1, 0.15) is 11.6 Å². The van der Waals surface area contributed by atoms with Gasteiger partial charge in [-0.05, 0) is 61.7 Å². The van der Waals surface area contributed by atoms with Crippen molar-refractivity contribution >= 4 is 29.3 Å². The first-order chi connectivity index (χ1) is 13.4. The van der Waals surface area contributed by atoms with Crippen molar-refractivity contribution in [3.8, 4) is 0 Å². The molecule has 0 radical (unpaired) electrons. The van der Waals surface area contributed by atoms with Crippen LogP contribution in [0.25, 0.3) is 0 Å². The van der Waals surface area contributed by atoms with E-state index in [0.29, 0.717) is 12.2 Å². The molecule has 0 bridgehead atoms. The standard InChI is InChI=1S/C21H22F2N2O2S/c1-14(28-13-20(26)24-18-10-8-17(23)9-11-18)21(27)25-12-2-3-19(25)15-4-6-16(22)7-5-15/h4-11,14,19H,2-3,12-13H2,1H3,(H,24,26). The second kappa shape index (κ2) is 9.19. The first-order valence-corrected chi connectivity index (χ1v) is 10.2. The Labute approximate surface area is 167 Å². The van der Waals surface area contributed by atoms with E-state index >= 15 is 0 Å². The summed E-state index contributed by atoms with van der Waals surface area (Å²) < 4.78 is 26.1. The fraction of sp³-hybridized carbons (Fsp3) is 0.333. The van der Waals surface area contributed by atoms with E-state index in [1.54, 1.807) is 19.1 Å². The Kier molecular flexibility index (Phi) is 6.67. The maximum absolute atomic E-state index is 13.2. The lowest BCUT2D eigenvalue weighted by Crippen LogP contribution is -2.36. The molecule has 1 fully saturated rings. The second-order valence-corrected chi connectivity index (χ2v) is 8.08. The summed E-state index contributed by atoms with van der Waals surface area (Å²) in [6.45, 7) is 2.45. The molecule has 0 aliphatic carbocycles. The highest BCUT2D eigenvalue weighted by Crippen LogP contribution is 2.33. The third-order valence-corrected chi connectivity index (χ3v) is 5.86. The predicted molar refractivity (Wildman–Crippen MR) is 107 cm³/mol. The van der Waals surface area contributed by atoms with E-state index in [0.717, 1.165) is 18.4 Å². The van der Waals surface area contributed by atoms with Gasteiger partial charge >= 0.3 is 0 Å². The SMILES string of the molecule is CC(SCC(=O)Nc1ccc(F)cc1)C(=O)N1CCCC1c1ccc(F)cc1. The highest BCUT2D eigenvalue weighted by Gasteiger charge is 2.32. The topological polar surface area (TPSA) is 49.4 Å². The molecule has 148 valence electrons. The van der Waals surface area contributed by atoms with Gasteiger partial charge in [-0.2, -0.15) is 0 Å². The first kappa shape index (κ1) is 20.3. The molecule has 1 saturated heterocycles. The molecular formula is C21H22F2N2O2S. The molecule has 1 aliphatic heterocycles. The highest BCUT2D eigenvalue weighted by atomic mass is 32.2. The largest absolute Gasteiger partial charge is 0.335 e. The normalized spacial score (nSPS) is 17.4. The Bertz CT molecular complexity index is 827. The van der Waals surface area contributed by atoms with E-state index in [2.05, 4.69) is 5.32 Å². The summed E-state index contributed by atoms with van der Waals surface area (Å²) in [5, 5.41) is 2.31. The number of nitrogens with one attached hydrogen (secondary N) is 1. The van der Waals surface area contributed by atoms with Crippen molar-refractivity contribution in [2.75, 3.05) is 17.6 Å². The molecule has 0 aromatic heterocycles. The lowest BCUT2D eigenvalue weighted by Gasteiger charge is -2.27. The molecule has 2 aromatic carbocycles. The highest BCUT2D eigenvalue weighted by molar-refractivity contribution is 8.01. The Balaban J connectivity index is 1.53. The number of likely N-dealkylation sites (tertiary alicyclic amines) is 1. The number of carbonyl (C=O) groups is 2. The summed E-state index contributed by atoms with van der Waals surface area (Å²) in [6, 6.07) is 11.7. The van der Waals surface area contributed by atoms with Gasteiger partial charge in [-0.1, -0.05) is 12.1 Å². The zero-order chi connectivity index (χ0) is 20.1. The first-order valence-electron chi connectivity index (χ1n) is 9.17. The van der Waals surface area contributed by atoms with Crippen molar-refractivity contribution in [3.05, 3.63) is 65.7 Å². The quantitative estimate of drug-likeness (QED) is 0.777. The number of hydrogen-bond donors (Lipinski definition) is 1. The molecule has 1 heterocycles. The van der Waals surface area contributed by atoms with Crippen LogP contribution in [0.1, 0.15) is 31.4 Å². The van der Waals surface area contributed by atoms with Crippen molar-refractivity contribution in [3.63, 3.8) is 0 Å². The van der Waals surface area contributed by atoms with Crippen LogP contribution in [-0.4, -0.2) is 34.3 Å². The molecule has 7 heteroatoms. The van der Waals surface area contributed by atoms with E-state index in [1.807, 2.05) is 4.90 Å². The average molecular weight is 404 g/mol. The zero-order valence-corrected chi connectivity index (χ0v) is 16.3. The molecule has 3 rings (SSSR count). The summed E-state index contributed by atoms with van der Waals surface area (Å²) in [7, 11) is 0. The van der Waals surface area contributed by atoms with Gasteiger partial charge < -0.3 is 10.2 Å². The molecule has 2 amide bonds. The summed E-state index contributed by atoms with van der Waals surface area (Å²) in [6.07, 6.45) is 1.75. The van der Waals surface area contributed by atoms with Crippen molar-refractivity contribution in [2.24, 2.45) is 0 Å². The minimum Gasteiger partial charge on any atom is -0.335 e. The van der Waals surface area contributed by atoms with Gasteiger partial charge in [-0.15, -0.1) is 11.8 Å². The number of halogens is 2. The number of rotatable bonds is 6. The lowest BCUT2D eigenvalue weighted by molar-refractivity contribution is -0.131. The van der Waals surface area contributed by atoms with Crippen LogP contribution in [0.2, 0.25) is 0 Å². The Morgan fingerprint density at radius 3 is 2.36 bits per heavy atom. The van der Waals surface area contributed by atoms with Gasteiger partial charge in [0.25, 0.3) is 0 Å². The van der Waals surface area contributed by atoms with Crippen LogP contribution in [-0.2, 0) is 9.59 Å². The van der Waals surface area contributed by atoms with Gasteiger partial charge in [0.2, 0.25) is 11.8 Å². The molecule has 2 aromatic rings. The van der Waals surface area contributed by atoms with Crippen molar-refractivity contribution < 1.29 is 18.4 Å². The number of benzene rings is 2. The van der Waals surface area contributed by atoms with E-state index in [1.165, 1.54) is 48.2 Å². The van der Waals surface area contributed by atoms with Crippen LogP contribution in [0.5, 0.6) is 0 Å². The third kappa shape index (κ3) is 5.10. The maximum atomic E-state index is 13.2. The molecule has 1 aliphatic rings. The lowest BCUT2D eigenvalue weighted by atomic mass is 10.0. The van der Waals surface area contributed by atoms with E-state index < -0.39 is 0 Å². The molecule has 2 unspecified atom stereocenters. The zero-order valence-electron chi connectivity index (χ0n) is 15.5. The van der Waals surface area contributed by atoms with Crippen LogP contribution < -0.4 is 5.32 Å². The fourth-order valence-corrected chi connectivity index (χ4v) is 4.05. The van der Waals surface area contributed by atoms with Crippen LogP contribution in [0.4, 0.5) is 14.5 Å². The van der Waals surface area contributed by atoms with Gasteiger partial charge in [-0.3, -0.25) is 9.59 Å². The van der Waals surface area contributed by atoms with Crippen LogP contribution >= 0.6 is 11.8 Å². The number of amides is 2. The minimum absolute atomic E-state index is 0.0218. The summed E-state index contributed by atoms with van der Waals surface area (Å²) >= 11 is 1.26. The molecule has 0 spiro atoms. The summed E-state index contributed by atoms with van der Waals surface area (Å²) in [5.41, 5.74) is 1.44. The third-order valence-electron chi connectivity index (χ3n) is 4.73. The van der Waals surface area contributed by atoms with Crippen LogP contribution in [0, 0.1) is 11.6 Å².